The first kappa shape index (κ1) is 23.1. The zero-order valence-electron chi connectivity index (χ0n) is 18.2. The molecule has 0 bridgehead atoms. The van der Waals surface area contributed by atoms with Gasteiger partial charge in [0.05, 0.1) is 18.8 Å². The number of ether oxygens (including phenoxy) is 6. The Bertz CT molecular complexity index is 947. The number of benzene rings is 2. The first-order valence-electron chi connectivity index (χ1n) is 10.7. The van der Waals surface area contributed by atoms with Crippen LogP contribution in [-0.4, -0.2) is 55.9 Å². The molecule has 0 aromatic heterocycles. The number of esters is 2. The fourth-order valence-corrected chi connectivity index (χ4v) is 3.84. The van der Waals surface area contributed by atoms with Gasteiger partial charge in [-0.05, 0) is 12.1 Å². The summed E-state index contributed by atoms with van der Waals surface area (Å²) in [4.78, 5) is 24.9. The third kappa shape index (κ3) is 5.48. The van der Waals surface area contributed by atoms with Crippen molar-refractivity contribution in [3.8, 4) is 0 Å². The molecule has 0 spiro atoms. The quantitative estimate of drug-likeness (QED) is 0.466. The fourth-order valence-electron chi connectivity index (χ4n) is 3.84. The minimum atomic E-state index is -1.05. The second-order valence-electron chi connectivity index (χ2n) is 7.65. The SMILES string of the molecule is C=CCO[C@H]1O[C@@H]2CO[C@@H](c3ccccc3)O[C@H]2[C@H](OC(=O)c2ccccc2)[C@@H]1OC(C)=O. The minimum absolute atomic E-state index is 0.146. The Labute approximate surface area is 192 Å². The van der Waals surface area contributed by atoms with Crippen molar-refractivity contribution in [2.75, 3.05) is 13.2 Å². The van der Waals surface area contributed by atoms with Crippen LogP contribution in [0.2, 0.25) is 0 Å². The molecule has 0 unspecified atom stereocenters. The van der Waals surface area contributed by atoms with Crippen LogP contribution in [0.1, 0.15) is 29.1 Å². The number of carbonyl (C=O) groups is 2. The predicted octanol–water partition coefficient (Wildman–Crippen LogP) is 3.19. The van der Waals surface area contributed by atoms with E-state index >= 15 is 0 Å². The van der Waals surface area contributed by atoms with E-state index < -0.39 is 48.9 Å². The summed E-state index contributed by atoms with van der Waals surface area (Å²) < 4.78 is 35.2. The van der Waals surface area contributed by atoms with Crippen molar-refractivity contribution in [3.63, 3.8) is 0 Å². The van der Waals surface area contributed by atoms with E-state index in [0.29, 0.717) is 5.56 Å². The van der Waals surface area contributed by atoms with E-state index in [2.05, 4.69) is 6.58 Å². The van der Waals surface area contributed by atoms with Crippen LogP contribution < -0.4 is 0 Å². The third-order valence-electron chi connectivity index (χ3n) is 5.29. The van der Waals surface area contributed by atoms with Crippen LogP contribution in [0.25, 0.3) is 0 Å². The van der Waals surface area contributed by atoms with Gasteiger partial charge in [0.25, 0.3) is 0 Å². The molecule has 174 valence electrons. The number of hydrogen-bond acceptors (Lipinski definition) is 8. The summed E-state index contributed by atoms with van der Waals surface area (Å²) in [5, 5.41) is 0. The average molecular weight is 454 g/mol. The lowest BCUT2D eigenvalue weighted by Crippen LogP contribution is -2.64. The molecule has 0 radical (unpaired) electrons. The van der Waals surface area contributed by atoms with E-state index in [0.717, 1.165) is 5.56 Å². The number of hydrogen-bond donors (Lipinski definition) is 0. The van der Waals surface area contributed by atoms with Crippen molar-refractivity contribution in [2.24, 2.45) is 0 Å². The first-order chi connectivity index (χ1) is 16.1. The second kappa shape index (κ2) is 10.7. The molecule has 8 nitrogen and oxygen atoms in total. The Morgan fingerprint density at radius 1 is 1.00 bits per heavy atom. The molecule has 0 N–H and O–H groups in total. The van der Waals surface area contributed by atoms with E-state index in [4.69, 9.17) is 28.4 Å². The molecule has 2 aliphatic rings. The monoisotopic (exact) mass is 454 g/mol. The zero-order valence-corrected chi connectivity index (χ0v) is 18.2. The number of carbonyl (C=O) groups excluding carboxylic acids is 2. The molecular formula is C25H26O8. The van der Waals surface area contributed by atoms with Crippen LogP contribution in [0, 0.1) is 0 Å². The molecule has 33 heavy (non-hydrogen) atoms. The molecule has 6 atom stereocenters. The molecule has 0 amide bonds. The minimum Gasteiger partial charge on any atom is -0.453 e. The highest BCUT2D eigenvalue weighted by Gasteiger charge is 2.54. The highest BCUT2D eigenvalue weighted by atomic mass is 16.8. The Morgan fingerprint density at radius 2 is 1.70 bits per heavy atom. The van der Waals surface area contributed by atoms with Gasteiger partial charge in [-0.15, -0.1) is 6.58 Å². The van der Waals surface area contributed by atoms with Gasteiger partial charge >= 0.3 is 11.9 Å². The maximum atomic E-state index is 12.9. The summed E-state index contributed by atoms with van der Waals surface area (Å²) in [6, 6.07) is 17.9. The van der Waals surface area contributed by atoms with E-state index in [9.17, 15) is 9.59 Å². The van der Waals surface area contributed by atoms with Crippen LogP contribution in [0.3, 0.4) is 0 Å². The fraction of sp³-hybridized carbons (Fsp3) is 0.360. The van der Waals surface area contributed by atoms with Gasteiger partial charge < -0.3 is 28.4 Å². The highest BCUT2D eigenvalue weighted by Crippen LogP contribution is 2.37. The van der Waals surface area contributed by atoms with Gasteiger partial charge in [-0.3, -0.25) is 4.79 Å². The van der Waals surface area contributed by atoms with Crippen molar-refractivity contribution < 1.29 is 38.0 Å². The standard InChI is InChI=1S/C25H26O8/c1-3-14-28-25-22(30-16(2)26)21(32-23(27)17-10-6-4-7-11-17)20-19(31-25)15-29-24(33-20)18-12-8-5-9-13-18/h3-13,19-22,24-25H,1,14-15H2,2H3/t19-,20-,21+,22+,24-,25+/m1/s1. The zero-order chi connectivity index (χ0) is 23.2. The van der Waals surface area contributed by atoms with E-state index in [1.807, 2.05) is 30.3 Å². The molecule has 2 aromatic rings. The van der Waals surface area contributed by atoms with Gasteiger partial charge in [-0.2, -0.15) is 0 Å². The Balaban J connectivity index is 1.64. The average Bonchev–Trinajstić information content (AvgIpc) is 2.84. The van der Waals surface area contributed by atoms with Gasteiger partial charge in [-0.1, -0.05) is 54.6 Å². The Kier molecular flexibility index (Phi) is 7.51. The largest absolute Gasteiger partial charge is 0.453 e. The van der Waals surface area contributed by atoms with Crippen LogP contribution in [-0.2, 0) is 33.2 Å². The van der Waals surface area contributed by atoms with E-state index in [1.165, 1.54) is 6.92 Å². The second-order valence-corrected chi connectivity index (χ2v) is 7.65. The molecule has 2 saturated heterocycles. The molecular weight excluding hydrogens is 428 g/mol. The van der Waals surface area contributed by atoms with Gasteiger partial charge in [0.2, 0.25) is 0 Å². The van der Waals surface area contributed by atoms with Gasteiger partial charge in [0.1, 0.15) is 12.2 Å². The summed E-state index contributed by atoms with van der Waals surface area (Å²) in [7, 11) is 0. The van der Waals surface area contributed by atoms with E-state index in [-0.39, 0.29) is 13.2 Å². The van der Waals surface area contributed by atoms with Crippen LogP contribution in [0.5, 0.6) is 0 Å². The predicted molar refractivity (Wildman–Crippen MR) is 116 cm³/mol. The van der Waals surface area contributed by atoms with Gasteiger partial charge in [0, 0.05) is 12.5 Å². The van der Waals surface area contributed by atoms with Crippen LogP contribution in [0.4, 0.5) is 0 Å². The maximum absolute atomic E-state index is 12.9. The normalized spacial score (nSPS) is 28.9. The molecule has 2 aliphatic heterocycles. The molecule has 2 fully saturated rings. The van der Waals surface area contributed by atoms with E-state index in [1.54, 1.807) is 36.4 Å². The number of fused-ring (bicyclic) bond motifs is 1. The molecule has 2 aromatic carbocycles. The van der Waals surface area contributed by atoms with Crippen molar-refractivity contribution in [1.82, 2.24) is 0 Å². The smallest absolute Gasteiger partial charge is 0.338 e. The summed E-state index contributed by atoms with van der Waals surface area (Å²) in [5.74, 6) is -1.14. The van der Waals surface area contributed by atoms with Gasteiger partial charge in [-0.25, -0.2) is 4.79 Å². The Morgan fingerprint density at radius 3 is 2.36 bits per heavy atom. The van der Waals surface area contributed by atoms with Crippen molar-refractivity contribution in [1.29, 1.82) is 0 Å². The molecule has 4 rings (SSSR count). The molecule has 2 heterocycles. The summed E-state index contributed by atoms with van der Waals surface area (Å²) in [6.45, 7) is 5.23. The lowest BCUT2D eigenvalue weighted by molar-refractivity contribution is -0.359. The van der Waals surface area contributed by atoms with Crippen molar-refractivity contribution in [3.05, 3.63) is 84.4 Å². The summed E-state index contributed by atoms with van der Waals surface area (Å²) in [6.07, 6.45) is -3.56. The third-order valence-corrected chi connectivity index (χ3v) is 5.29. The lowest BCUT2D eigenvalue weighted by atomic mass is 9.97. The Hall–Kier alpha value is -3.04. The van der Waals surface area contributed by atoms with Gasteiger partial charge in [0.15, 0.2) is 24.8 Å². The summed E-state index contributed by atoms with van der Waals surface area (Å²) >= 11 is 0. The van der Waals surface area contributed by atoms with Crippen molar-refractivity contribution in [2.45, 2.75) is 43.9 Å². The number of rotatable bonds is 7. The van der Waals surface area contributed by atoms with Crippen LogP contribution in [0.15, 0.2) is 73.3 Å². The topological polar surface area (TPSA) is 89.5 Å². The molecule has 0 aliphatic carbocycles. The maximum Gasteiger partial charge on any atom is 0.338 e. The highest BCUT2D eigenvalue weighted by molar-refractivity contribution is 5.89. The molecule has 8 heteroatoms. The van der Waals surface area contributed by atoms with Crippen molar-refractivity contribution >= 4 is 11.9 Å². The molecule has 0 saturated carbocycles. The first-order valence-corrected chi connectivity index (χ1v) is 10.7. The summed E-state index contributed by atoms with van der Waals surface area (Å²) in [5.41, 5.74) is 1.16. The lowest BCUT2D eigenvalue weighted by Gasteiger charge is -2.48. The van der Waals surface area contributed by atoms with Crippen LogP contribution >= 0.6 is 0 Å².